The lowest BCUT2D eigenvalue weighted by Gasteiger charge is -2.11. The van der Waals surface area contributed by atoms with Crippen molar-refractivity contribution in [1.29, 1.82) is 0 Å². The van der Waals surface area contributed by atoms with Gasteiger partial charge in [0.1, 0.15) is 11.8 Å². The number of carbonyl (C=O) groups is 1. The molecular formula is C19H23N5O2. The Balaban J connectivity index is 1.49. The van der Waals surface area contributed by atoms with E-state index in [9.17, 15) is 4.79 Å². The summed E-state index contributed by atoms with van der Waals surface area (Å²) in [6, 6.07) is 11.3. The molecule has 1 fully saturated rings. The molecule has 2 aromatic rings. The Kier molecular flexibility index (Phi) is 6.29. The largest absolute Gasteiger partial charge is 0.494 e. The Bertz CT molecular complexity index is 733. The van der Waals surface area contributed by atoms with Gasteiger partial charge in [-0.05, 0) is 48.2 Å². The van der Waals surface area contributed by atoms with Crippen LogP contribution in [0.3, 0.4) is 0 Å². The molecule has 1 aliphatic heterocycles. The summed E-state index contributed by atoms with van der Waals surface area (Å²) in [7, 11) is 0. The van der Waals surface area contributed by atoms with E-state index in [0.29, 0.717) is 13.0 Å². The summed E-state index contributed by atoms with van der Waals surface area (Å²) < 4.78 is 5.59. The van der Waals surface area contributed by atoms with Gasteiger partial charge >= 0.3 is 0 Å². The van der Waals surface area contributed by atoms with Gasteiger partial charge in [-0.1, -0.05) is 19.1 Å². The number of nitrogens with zero attached hydrogens (tertiary/aromatic N) is 2. The number of ether oxygens (including phenoxy) is 1. The Morgan fingerprint density at radius 1 is 1.27 bits per heavy atom. The van der Waals surface area contributed by atoms with E-state index in [4.69, 9.17) is 4.74 Å². The molecule has 136 valence electrons. The van der Waals surface area contributed by atoms with Crippen molar-refractivity contribution < 1.29 is 9.53 Å². The van der Waals surface area contributed by atoms with Crippen LogP contribution in [-0.2, 0) is 4.79 Å². The molecule has 0 radical (unpaired) electrons. The van der Waals surface area contributed by atoms with Gasteiger partial charge in [-0.2, -0.15) is 5.10 Å². The Hall–Kier alpha value is -2.77. The number of hydrogen-bond donors (Lipinski definition) is 3. The summed E-state index contributed by atoms with van der Waals surface area (Å²) in [5.41, 5.74) is 10.7. The Morgan fingerprint density at radius 2 is 2.04 bits per heavy atom. The molecule has 0 saturated carbocycles. The maximum Gasteiger partial charge on any atom is 0.258 e. The predicted molar refractivity (Wildman–Crippen MR) is 99.6 cm³/mol. The summed E-state index contributed by atoms with van der Waals surface area (Å²) in [6.45, 7) is 2.79. The van der Waals surface area contributed by atoms with E-state index < -0.39 is 0 Å². The third-order valence-electron chi connectivity index (χ3n) is 4.07. The topological polar surface area (TPSA) is 87.6 Å². The van der Waals surface area contributed by atoms with Crippen molar-refractivity contribution >= 4 is 12.1 Å². The number of nitrogens with one attached hydrogen (secondary N) is 3. The minimum atomic E-state index is -0.342. The van der Waals surface area contributed by atoms with Crippen LogP contribution in [0.5, 0.6) is 5.75 Å². The zero-order valence-electron chi connectivity index (χ0n) is 14.7. The van der Waals surface area contributed by atoms with Crippen molar-refractivity contribution in [1.82, 2.24) is 21.3 Å². The van der Waals surface area contributed by atoms with Crippen molar-refractivity contribution in [2.75, 3.05) is 6.61 Å². The number of benzene rings is 1. The van der Waals surface area contributed by atoms with E-state index in [1.807, 2.05) is 36.4 Å². The molecule has 2 heterocycles. The van der Waals surface area contributed by atoms with E-state index in [1.54, 1.807) is 18.6 Å². The number of carbonyl (C=O) groups excluding carboxylic acids is 1. The second-order valence-corrected chi connectivity index (χ2v) is 6.06. The number of pyridine rings is 1. The molecule has 7 nitrogen and oxygen atoms in total. The lowest BCUT2D eigenvalue weighted by molar-refractivity contribution is -0.122. The second kappa shape index (κ2) is 9.07. The van der Waals surface area contributed by atoms with Crippen LogP contribution >= 0.6 is 0 Å². The maximum atomic E-state index is 12.2. The summed E-state index contributed by atoms with van der Waals surface area (Å²) in [5, 5.41) is 3.99. The number of aromatic nitrogens is 1. The van der Waals surface area contributed by atoms with E-state index in [0.717, 1.165) is 23.3 Å². The van der Waals surface area contributed by atoms with Crippen molar-refractivity contribution in [2.45, 2.75) is 31.8 Å². The summed E-state index contributed by atoms with van der Waals surface area (Å²) >= 11 is 0. The van der Waals surface area contributed by atoms with Gasteiger partial charge in [-0.25, -0.2) is 16.3 Å². The quantitative estimate of drug-likeness (QED) is 0.523. The first-order chi connectivity index (χ1) is 12.8. The number of amides is 1. The molecule has 26 heavy (non-hydrogen) atoms. The molecular weight excluding hydrogens is 330 g/mol. The zero-order valence-corrected chi connectivity index (χ0v) is 14.7. The smallest absolute Gasteiger partial charge is 0.258 e. The van der Waals surface area contributed by atoms with Gasteiger partial charge in [0.25, 0.3) is 5.91 Å². The summed E-state index contributed by atoms with van der Waals surface area (Å²) in [6.07, 6.45) is 6.57. The lowest BCUT2D eigenvalue weighted by Crippen LogP contribution is -2.41. The van der Waals surface area contributed by atoms with Crippen molar-refractivity contribution in [2.24, 2.45) is 5.10 Å². The Morgan fingerprint density at radius 3 is 2.77 bits per heavy atom. The standard InChI is InChI=1S/C19H23N5O2/c1-2-11-26-16-5-3-15(4-6-16)17-12-18(23-22-17)19(25)24-21-13-14-7-9-20-10-8-14/h3-10,13,17-18,22-23H,2,11-12H2,1H3,(H,24,25)/b21-13+. The molecule has 1 aromatic carbocycles. The number of rotatable bonds is 7. The van der Waals surface area contributed by atoms with Crippen LogP contribution in [0, 0.1) is 0 Å². The average molecular weight is 353 g/mol. The first kappa shape index (κ1) is 18.0. The van der Waals surface area contributed by atoms with Crippen molar-refractivity contribution in [3.63, 3.8) is 0 Å². The predicted octanol–water partition coefficient (Wildman–Crippen LogP) is 1.93. The minimum Gasteiger partial charge on any atom is -0.494 e. The lowest BCUT2D eigenvalue weighted by atomic mass is 10.0. The van der Waals surface area contributed by atoms with Crippen molar-refractivity contribution in [3.05, 3.63) is 59.9 Å². The Labute approximate surface area is 152 Å². The van der Waals surface area contributed by atoms with E-state index in [-0.39, 0.29) is 18.0 Å². The summed E-state index contributed by atoms with van der Waals surface area (Å²) in [4.78, 5) is 16.2. The number of hydrazine groups is 1. The third kappa shape index (κ3) is 4.87. The van der Waals surface area contributed by atoms with Crippen LogP contribution < -0.4 is 21.0 Å². The first-order valence-corrected chi connectivity index (χ1v) is 8.73. The van der Waals surface area contributed by atoms with Crippen LogP contribution in [0.2, 0.25) is 0 Å². The van der Waals surface area contributed by atoms with Crippen LogP contribution in [-0.4, -0.2) is 29.8 Å². The van der Waals surface area contributed by atoms with Gasteiger partial charge in [-0.15, -0.1) is 0 Å². The van der Waals surface area contributed by atoms with E-state index >= 15 is 0 Å². The SMILES string of the molecule is CCCOc1ccc(C2CC(C(=O)N/N=C/c3ccncc3)NN2)cc1. The second-order valence-electron chi connectivity index (χ2n) is 6.06. The monoisotopic (exact) mass is 353 g/mol. The molecule has 1 aliphatic rings. The molecule has 0 spiro atoms. The van der Waals surface area contributed by atoms with Gasteiger partial charge in [0.2, 0.25) is 0 Å². The molecule has 0 aliphatic carbocycles. The average Bonchev–Trinajstić information content (AvgIpc) is 3.18. The van der Waals surface area contributed by atoms with Crippen molar-refractivity contribution in [3.8, 4) is 5.75 Å². The highest BCUT2D eigenvalue weighted by molar-refractivity contribution is 5.85. The molecule has 7 heteroatoms. The van der Waals surface area contributed by atoms with E-state index in [2.05, 4.69) is 33.3 Å². The number of hydrogen-bond acceptors (Lipinski definition) is 6. The normalized spacial score (nSPS) is 19.6. The van der Waals surface area contributed by atoms with Gasteiger partial charge in [0, 0.05) is 18.4 Å². The highest BCUT2D eigenvalue weighted by Crippen LogP contribution is 2.24. The van der Waals surface area contributed by atoms with Crippen LogP contribution in [0.1, 0.15) is 36.9 Å². The highest BCUT2D eigenvalue weighted by atomic mass is 16.5. The molecule has 2 unspecified atom stereocenters. The molecule has 1 amide bonds. The third-order valence-corrected chi connectivity index (χ3v) is 4.07. The minimum absolute atomic E-state index is 0.0650. The fourth-order valence-corrected chi connectivity index (χ4v) is 2.66. The summed E-state index contributed by atoms with van der Waals surface area (Å²) in [5.74, 6) is 0.689. The van der Waals surface area contributed by atoms with Crippen LogP contribution in [0.15, 0.2) is 53.9 Å². The van der Waals surface area contributed by atoms with Gasteiger partial charge < -0.3 is 4.74 Å². The van der Waals surface area contributed by atoms with Gasteiger partial charge in [-0.3, -0.25) is 9.78 Å². The van der Waals surface area contributed by atoms with Gasteiger partial charge in [0.05, 0.1) is 12.8 Å². The fraction of sp³-hybridized carbons (Fsp3) is 0.316. The number of hydrazone groups is 1. The highest BCUT2D eigenvalue weighted by Gasteiger charge is 2.29. The molecule has 3 rings (SSSR count). The zero-order chi connectivity index (χ0) is 18.2. The molecule has 3 N–H and O–H groups in total. The maximum absolute atomic E-state index is 12.2. The van der Waals surface area contributed by atoms with Gasteiger partial charge in [0.15, 0.2) is 0 Å². The van der Waals surface area contributed by atoms with E-state index in [1.165, 1.54) is 0 Å². The molecule has 0 bridgehead atoms. The molecule has 2 atom stereocenters. The van der Waals surface area contributed by atoms with Crippen LogP contribution in [0.25, 0.3) is 0 Å². The molecule has 1 aromatic heterocycles. The fourth-order valence-electron chi connectivity index (χ4n) is 2.66. The van der Waals surface area contributed by atoms with Crippen LogP contribution in [0.4, 0.5) is 0 Å². The molecule has 1 saturated heterocycles. The first-order valence-electron chi connectivity index (χ1n) is 8.73.